The summed E-state index contributed by atoms with van der Waals surface area (Å²) in [6, 6.07) is 0. The van der Waals surface area contributed by atoms with Gasteiger partial charge in [-0.05, 0) is 87.9 Å². The Morgan fingerprint density at radius 3 is 1.66 bits per heavy atom. The average molecular weight is 1400 g/mol. The van der Waals surface area contributed by atoms with E-state index in [1.54, 1.807) is 6.92 Å². The molecule has 7 aliphatic heterocycles. The standard InChI is InChI=1S/C64H102O33/c1-8-27(69)29-15-23(2)64(97-29)21-60(4)13-11-25-26(63(60,7)59(64)84)9-10-34-61(25,5)14-12-35(62(34,6)22-68)92-54-47(82)44(79)40(75)33(91-54)20-86-56-50(37(72)28(70)19-85-56)95-58-52(96-53-46(81)42(77)36(71)24(3)87-53)49(41(76)32(18-67)90-58)93-57-51(45(80)39(74)31(17-66)89-57)94-55-48(83)43(78)38(73)30(16-65)88-55/h23-24,28-58,65-68,70-83H,8-22H2,1-7H3/t23-,24+,28+,29+,30-,31-,32-,33-,34-,35+,36+,37+,38-,39-,40-,41-,42-,43+,44+,45+,46-,47-,48-,49+,50-,51-,52-,53+,54+,55+,56+,57+,58+,60-,61-,62-,63-,64-/m1/s1. The lowest BCUT2D eigenvalue weighted by Crippen LogP contribution is -2.69. The Morgan fingerprint density at radius 1 is 0.526 bits per heavy atom. The molecule has 0 bridgehead atoms. The van der Waals surface area contributed by atoms with Crippen LogP contribution in [0.25, 0.3) is 0 Å². The number of carbonyl (C=O) groups is 2. The molecule has 0 radical (unpaired) electrons. The quantitative estimate of drug-likeness (QED) is 0.0535. The lowest BCUT2D eigenvalue weighted by molar-refractivity contribution is -0.414. The molecule has 38 atom stereocenters. The number of fused-ring (bicyclic) bond motifs is 4. The van der Waals surface area contributed by atoms with Crippen LogP contribution in [-0.4, -0.2) is 339 Å². The minimum Gasteiger partial charge on any atom is -0.396 e. The first-order valence-corrected chi connectivity index (χ1v) is 34.0. The van der Waals surface area contributed by atoms with Crippen LogP contribution in [0.5, 0.6) is 0 Å². The summed E-state index contributed by atoms with van der Waals surface area (Å²) in [6.07, 6.45) is -52.5. The normalized spacial score (nSPS) is 54.2. The zero-order valence-corrected chi connectivity index (χ0v) is 55.3. The topological polar surface area (TPSA) is 518 Å². The number of hydrogen-bond donors (Lipinski definition) is 18. The molecule has 11 rings (SSSR count). The van der Waals surface area contributed by atoms with Crippen molar-refractivity contribution >= 4 is 11.6 Å². The molecule has 0 aromatic carbocycles. The molecule has 2 saturated carbocycles. The van der Waals surface area contributed by atoms with Crippen molar-refractivity contribution in [2.75, 3.05) is 39.6 Å². The molecular weight excluding hydrogens is 1300 g/mol. The van der Waals surface area contributed by atoms with Gasteiger partial charge in [0.25, 0.3) is 0 Å². The van der Waals surface area contributed by atoms with Crippen molar-refractivity contribution in [1.29, 1.82) is 0 Å². The van der Waals surface area contributed by atoms with Crippen LogP contribution in [0.3, 0.4) is 0 Å². The highest BCUT2D eigenvalue weighted by atomic mass is 16.8. The van der Waals surface area contributed by atoms with Crippen molar-refractivity contribution in [3.8, 4) is 0 Å². The van der Waals surface area contributed by atoms with Crippen LogP contribution in [0.2, 0.25) is 0 Å². The van der Waals surface area contributed by atoms with Crippen molar-refractivity contribution in [3.63, 3.8) is 0 Å². The van der Waals surface area contributed by atoms with Gasteiger partial charge in [-0.15, -0.1) is 0 Å². The Kier molecular flexibility index (Phi) is 22.8. The summed E-state index contributed by atoms with van der Waals surface area (Å²) >= 11 is 0. The summed E-state index contributed by atoms with van der Waals surface area (Å²) in [6.45, 7) is 8.61. The third-order valence-corrected chi connectivity index (χ3v) is 24.2. The van der Waals surface area contributed by atoms with Crippen LogP contribution in [-0.2, 0) is 71.2 Å². The Labute approximate surface area is 559 Å². The lowest BCUT2D eigenvalue weighted by Gasteiger charge is -2.62. The van der Waals surface area contributed by atoms with Crippen LogP contribution in [0.15, 0.2) is 11.1 Å². The number of rotatable bonds is 19. The average Bonchev–Trinajstić information content (AvgIpc) is 1.54. The highest BCUT2D eigenvalue weighted by molar-refractivity contribution is 6.00. The van der Waals surface area contributed by atoms with Gasteiger partial charge >= 0.3 is 0 Å². The van der Waals surface area contributed by atoms with E-state index in [1.807, 2.05) is 13.8 Å². The molecule has 9 fully saturated rings. The van der Waals surface area contributed by atoms with Gasteiger partial charge in [0.05, 0.1) is 57.3 Å². The predicted molar refractivity (Wildman–Crippen MR) is 318 cm³/mol. The van der Waals surface area contributed by atoms with Crippen LogP contribution in [0, 0.1) is 33.5 Å². The Hall–Kier alpha value is -2.16. The Morgan fingerprint density at radius 2 is 1.04 bits per heavy atom. The summed E-state index contributed by atoms with van der Waals surface area (Å²) in [5.74, 6) is -0.399. The number of hydrogen-bond acceptors (Lipinski definition) is 33. The van der Waals surface area contributed by atoms with Gasteiger partial charge in [0.15, 0.2) is 49.3 Å². The molecule has 4 aliphatic carbocycles. The summed E-state index contributed by atoms with van der Waals surface area (Å²) in [4.78, 5) is 28.3. The number of aliphatic hydroxyl groups excluding tert-OH is 18. The summed E-state index contributed by atoms with van der Waals surface area (Å²) in [5, 5.41) is 199. The van der Waals surface area contributed by atoms with Crippen LogP contribution >= 0.6 is 0 Å². The van der Waals surface area contributed by atoms with Gasteiger partial charge in [-0.1, -0.05) is 45.8 Å². The highest BCUT2D eigenvalue weighted by Crippen LogP contribution is 2.73. The van der Waals surface area contributed by atoms with Crippen molar-refractivity contribution in [2.45, 2.75) is 302 Å². The van der Waals surface area contributed by atoms with Crippen molar-refractivity contribution in [2.24, 2.45) is 33.5 Å². The van der Waals surface area contributed by atoms with E-state index in [4.69, 9.17) is 61.6 Å². The lowest BCUT2D eigenvalue weighted by atomic mass is 9.44. The van der Waals surface area contributed by atoms with Crippen molar-refractivity contribution < 1.29 is 163 Å². The molecule has 0 aromatic heterocycles. The first-order chi connectivity index (χ1) is 45.7. The Balaban J connectivity index is 0.827. The van der Waals surface area contributed by atoms with E-state index in [0.29, 0.717) is 57.8 Å². The molecular formula is C64H102O33. The smallest absolute Gasteiger partial charge is 0.187 e. The fourth-order valence-corrected chi connectivity index (χ4v) is 18.0. The molecule has 7 saturated heterocycles. The maximum Gasteiger partial charge on any atom is 0.187 e. The van der Waals surface area contributed by atoms with Crippen molar-refractivity contribution in [1.82, 2.24) is 0 Å². The molecule has 33 nitrogen and oxygen atoms in total. The van der Waals surface area contributed by atoms with E-state index in [9.17, 15) is 96.7 Å². The molecule has 18 N–H and O–H groups in total. The third kappa shape index (κ3) is 12.9. The predicted octanol–water partition coefficient (Wildman–Crippen LogP) is -6.61. The molecule has 33 heteroatoms. The molecule has 556 valence electrons. The highest BCUT2D eigenvalue weighted by Gasteiger charge is 2.74. The van der Waals surface area contributed by atoms with Gasteiger partial charge in [0, 0.05) is 11.8 Å². The van der Waals surface area contributed by atoms with Crippen LogP contribution < -0.4 is 0 Å². The summed E-state index contributed by atoms with van der Waals surface area (Å²) < 4.78 is 79.3. The molecule has 0 unspecified atom stereocenters. The number of Topliss-reactive ketones (excluding diaryl/α,β-unsaturated/α-hetero) is 2. The van der Waals surface area contributed by atoms with E-state index < -0.39 is 251 Å². The minimum atomic E-state index is -2.17. The van der Waals surface area contributed by atoms with Gasteiger partial charge < -0.3 is 153 Å². The second-order valence-electron chi connectivity index (χ2n) is 29.7. The molecule has 0 aromatic rings. The maximum atomic E-state index is 15.3. The molecule has 7 heterocycles. The van der Waals surface area contributed by atoms with E-state index in [2.05, 4.69) is 20.8 Å². The molecule has 0 amide bonds. The third-order valence-electron chi connectivity index (χ3n) is 24.2. The van der Waals surface area contributed by atoms with Gasteiger partial charge in [-0.25, -0.2) is 0 Å². The molecule has 11 aliphatic rings. The fourth-order valence-electron chi connectivity index (χ4n) is 18.0. The van der Waals surface area contributed by atoms with E-state index >= 15 is 4.79 Å². The number of carbonyl (C=O) groups excluding carboxylic acids is 2. The fraction of sp³-hybridized carbons (Fsp3) is 0.938. The molecule has 1 spiro atoms. The monoisotopic (exact) mass is 1400 g/mol. The summed E-state index contributed by atoms with van der Waals surface area (Å²) in [7, 11) is 0. The van der Waals surface area contributed by atoms with Gasteiger partial charge in [-0.2, -0.15) is 0 Å². The second kappa shape index (κ2) is 29.1. The minimum absolute atomic E-state index is 0.0181. The van der Waals surface area contributed by atoms with Crippen LogP contribution in [0.4, 0.5) is 0 Å². The first-order valence-electron chi connectivity index (χ1n) is 34.0. The number of ether oxygens (including phenoxy) is 13. The Bertz CT molecular complexity index is 2770. The zero-order valence-electron chi connectivity index (χ0n) is 55.3. The maximum absolute atomic E-state index is 15.3. The van der Waals surface area contributed by atoms with E-state index in [-0.39, 0.29) is 30.0 Å². The van der Waals surface area contributed by atoms with Crippen LogP contribution in [0.1, 0.15) is 106 Å². The zero-order chi connectivity index (χ0) is 70.7. The number of ketones is 2. The SMILES string of the molecule is CCC(=O)[C@@H]1C[C@@H](C)[C@@]2(C[C@@]3(C)CCC4=C(CC[C@H]5[C@@](C)(CO)[C@@H](O[C@@H]6O[C@H](CO[C@@H]7OC[C@H](O)[C@H](O)[C@H]7O[C@@H]7O[C@H](CO)[C@@H](O)[C@H](O[C@@H]8O[C@H](CO)[C@@H](O)[C@H](O)[C@H]8O[C@@H]8O[C@H](CO)[C@@H](O)[C@H](O)[C@H]8O)[C@H]7O[C@@H]7O[C@@H](C)[C@H](O)[C@@H](O)[C@H]7O)[C@@H](O)[C@H](O)[C@H]6O)CC[C@]45C)[C@]3(C)C2=O)O1. The van der Waals surface area contributed by atoms with Gasteiger partial charge in [0.2, 0.25) is 0 Å². The van der Waals surface area contributed by atoms with Crippen molar-refractivity contribution in [3.05, 3.63) is 11.1 Å². The second-order valence-corrected chi connectivity index (χ2v) is 29.7. The molecule has 97 heavy (non-hydrogen) atoms. The first kappa shape index (κ1) is 76.0. The number of aliphatic hydroxyl groups is 18. The number of allylic oxidation sites excluding steroid dienone is 2. The van der Waals surface area contributed by atoms with Gasteiger partial charge in [0.1, 0.15) is 146 Å². The van der Waals surface area contributed by atoms with E-state index in [0.717, 1.165) is 5.57 Å². The largest absolute Gasteiger partial charge is 0.396 e. The van der Waals surface area contributed by atoms with E-state index in [1.165, 1.54) is 12.5 Å². The van der Waals surface area contributed by atoms with Gasteiger partial charge in [-0.3, -0.25) is 9.59 Å². The summed E-state index contributed by atoms with van der Waals surface area (Å²) in [5.41, 5.74) is -1.71.